The summed E-state index contributed by atoms with van der Waals surface area (Å²) in [5.41, 5.74) is 7.98. The van der Waals surface area contributed by atoms with Gasteiger partial charge in [0.05, 0.1) is 52.2 Å². The summed E-state index contributed by atoms with van der Waals surface area (Å²) < 4.78 is 45.5. The molecule has 5 aromatic rings. The van der Waals surface area contributed by atoms with Crippen molar-refractivity contribution in [3.8, 4) is 23.3 Å². The summed E-state index contributed by atoms with van der Waals surface area (Å²) in [6, 6.07) is 5.34. The molecule has 4 aromatic heterocycles. The average Bonchev–Trinajstić information content (AvgIpc) is 3.77. The van der Waals surface area contributed by atoms with Gasteiger partial charge in [-0.15, -0.1) is 11.3 Å². The molecule has 0 spiro atoms. The maximum atomic E-state index is 15.0. The Labute approximate surface area is 272 Å². The summed E-state index contributed by atoms with van der Waals surface area (Å²) in [6.45, 7) is 4.49. The number of nitrogens with two attached hydrogens (primary N) is 1. The van der Waals surface area contributed by atoms with Crippen LogP contribution in [-0.4, -0.2) is 97.6 Å². The van der Waals surface area contributed by atoms with Crippen molar-refractivity contribution in [2.45, 2.75) is 43.5 Å². The third-order valence-electron chi connectivity index (χ3n) is 9.93. The Balaban J connectivity index is 1.34. The minimum atomic E-state index is -1.15. The Morgan fingerprint density at radius 2 is 2.09 bits per heavy atom. The standard InChI is InChI=1S/C32H35F2N9O3S/c1-31(44)14-42(9-10-45-15-31)29-22-23-25(24(41(3)39-23)18-5-6-20(34)26-21(18)19(12-35)27(36)47-26)40(2)28(22)37-30(38-29)46-16-32-7-4-8-43(32)13-17(33)11-32/h5-6,17,44H,4,7-11,13-16,36H2,1-3H3/t17-,31+,32+/m1/s1. The molecule has 0 radical (unpaired) electrons. The van der Waals surface area contributed by atoms with Crippen LogP contribution < -0.4 is 15.4 Å². The number of nitriles is 1. The van der Waals surface area contributed by atoms with Gasteiger partial charge in [0.25, 0.3) is 0 Å². The van der Waals surface area contributed by atoms with Crippen molar-refractivity contribution >= 4 is 54.3 Å². The van der Waals surface area contributed by atoms with Crippen LogP contribution in [0, 0.1) is 17.1 Å². The number of ether oxygens (including phenoxy) is 2. The number of halogens is 2. The van der Waals surface area contributed by atoms with E-state index in [1.165, 1.54) is 6.07 Å². The molecule has 0 aliphatic carbocycles. The summed E-state index contributed by atoms with van der Waals surface area (Å²) in [4.78, 5) is 14.0. The highest BCUT2D eigenvalue weighted by atomic mass is 32.1. The minimum absolute atomic E-state index is 0.150. The lowest BCUT2D eigenvalue weighted by Gasteiger charge is -2.31. The van der Waals surface area contributed by atoms with Crippen LogP contribution in [0.3, 0.4) is 0 Å². The molecule has 0 unspecified atom stereocenters. The average molecular weight is 664 g/mol. The van der Waals surface area contributed by atoms with Gasteiger partial charge < -0.3 is 29.8 Å². The number of alkyl halides is 1. The highest BCUT2D eigenvalue weighted by Crippen LogP contribution is 2.45. The molecule has 3 saturated heterocycles. The van der Waals surface area contributed by atoms with Crippen LogP contribution in [0.1, 0.15) is 31.7 Å². The predicted molar refractivity (Wildman–Crippen MR) is 175 cm³/mol. The van der Waals surface area contributed by atoms with Crippen molar-refractivity contribution in [3.63, 3.8) is 0 Å². The molecule has 7 heterocycles. The molecule has 3 fully saturated rings. The largest absolute Gasteiger partial charge is 0.461 e. The third kappa shape index (κ3) is 4.64. The highest BCUT2D eigenvalue weighted by Gasteiger charge is 2.49. The Bertz CT molecular complexity index is 2120. The molecular weight excluding hydrogens is 628 g/mol. The number of hydrogen-bond donors (Lipinski definition) is 2. The zero-order chi connectivity index (χ0) is 32.8. The summed E-state index contributed by atoms with van der Waals surface area (Å²) in [5.74, 6) is 0.0766. The van der Waals surface area contributed by atoms with Crippen LogP contribution in [0.5, 0.6) is 6.01 Å². The molecule has 246 valence electrons. The van der Waals surface area contributed by atoms with Gasteiger partial charge in [0.15, 0.2) is 5.65 Å². The number of hydrogen-bond acceptors (Lipinski definition) is 11. The number of nitrogen functional groups attached to an aromatic ring is 1. The monoisotopic (exact) mass is 663 g/mol. The zero-order valence-corrected chi connectivity index (χ0v) is 27.2. The van der Waals surface area contributed by atoms with E-state index in [-0.39, 0.29) is 41.9 Å². The van der Waals surface area contributed by atoms with Gasteiger partial charge in [-0.1, -0.05) is 0 Å². The minimum Gasteiger partial charge on any atom is -0.461 e. The van der Waals surface area contributed by atoms with E-state index in [0.717, 1.165) is 30.7 Å². The van der Waals surface area contributed by atoms with Crippen LogP contribution in [0.4, 0.5) is 19.6 Å². The number of rotatable bonds is 5. The smallest absolute Gasteiger partial charge is 0.320 e. The maximum absolute atomic E-state index is 15.0. The van der Waals surface area contributed by atoms with E-state index < -0.39 is 17.6 Å². The van der Waals surface area contributed by atoms with Crippen molar-refractivity contribution in [3.05, 3.63) is 23.5 Å². The van der Waals surface area contributed by atoms with Crippen molar-refractivity contribution in [1.29, 1.82) is 5.26 Å². The normalized spacial score (nSPS) is 25.2. The molecule has 1 aromatic carbocycles. The Morgan fingerprint density at radius 3 is 2.89 bits per heavy atom. The second-order valence-corrected chi connectivity index (χ2v) is 14.4. The lowest BCUT2D eigenvalue weighted by molar-refractivity contribution is -0.0123. The Kier molecular flexibility index (Phi) is 6.89. The fourth-order valence-corrected chi connectivity index (χ4v) is 8.85. The first-order chi connectivity index (χ1) is 22.5. The molecule has 3 aliphatic rings. The van der Waals surface area contributed by atoms with Gasteiger partial charge in [0.1, 0.15) is 46.6 Å². The highest BCUT2D eigenvalue weighted by molar-refractivity contribution is 7.23. The molecule has 15 heteroatoms. The molecule has 47 heavy (non-hydrogen) atoms. The van der Waals surface area contributed by atoms with Gasteiger partial charge in [0, 0.05) is 44.6 Å². The van der Waals surface area contributed by atoms with Crippen LogP contribution in [0.15, 0.2) is 12.1 Å². The molecule has 3 N–H and O–H groups in total. The molecule has 0 amide bonds. The fraction of sp³-hybridized carbons (Fsp3) is 0.500. The Morgan fingerprint density at radius 1 is 1.26 bits per heavy atom. The van der Waals surface area contributed by atoms with Crippen molar-refractivity contribution in [1.82, 2.24) is 29.2 Å². The Hall–Kier alpha value is -4.10. The number of thiophene rings is 1. The lowest BCUT2D eigenvalue weighted by Crippen LogP contribution is -2.44. The molecule has 3 atom stereocenters. The second-order valence-electron chi connectivity index (χ2n) is 13.3. The number of β-amino-alcohol motifs (C(OH)–C–C–N with tert-alkyl or cyclic N) is 1. The van der Waals surface area contributed by atoms with Gasteiger partial charge in [0.2, 0.25) is 0 Å². The fourth-order valence-electron chi connectivity index (χ4n) is 7.90. The quantitative estimate of drug-likeness (QED) is 0.285. The first kappa shape index (κ1) is 30.2. The van der Waals surface area contributed by atoms with E-state index in [0.29, 0.717) is 75.3 Å². The van der Waals surface area contributed by atoms with Crippen molar-refractivity contribution < 1.29 is 23.4 Å². The second kappa shape index (κ2) is 10.7. The maximum Gasteiger partial charge on any atom is 0.320 e. The molecule has 0 saturated carbocycles. The van der Waals surface area contributed by atoms with E-state index in [4.69, 9.17) is 30.3 Å². The summed E-state index contributed by atoms with van der Waals surface area (Å²) >= 11 is 1.04. The lowest BCUT2D eigenvalue weighted by atomic mass is 9.95. The van der Waals surface area contributed by atoms with Gasteiger partial charge in [-0.05, 0) is 38.4 Å². The van der Waals surface area contributed by atoms with Gasteiger partial charge in [-0.3, -0.25) is 9.58 Å². The van der Waals surface area contributed by atoms with Crippen molar-refractivity contribution in [2.24, 2.45) is 14.1 Å². The van der Waals surface area contributed by atoms with Crippen LogP contribution >= 0.6 is 11.3 Å². The summed E-state index contributed by atoms with van der Waals surface area (Å²) in [5, 5.41) is 27.4. The topological polar surface area (TPSA) is 144 Å². The number of anilines is 2. The number of aryl methyl sites for hydroxylation is 2. The van der Waals surface area contributed by atoms with Gasteiger partial charge in [-0.25, -0.2) is 8.78 Å². The van der Waals surface area contributed by atoms with Crippen molar-refractivity contribution in [2.75, 3.05) is 56.6 Å². The van der Waals surface area contributed by atoms with Gasteiger partial charge in [-0.2, -0.15) is 20.3 Å². The summed E-state index contributed by atoms with van der Waals surface area (Å²) in [7, 11) is 3.67. The molecule has 0 bridgehead atoms. The molecular formula is C32H35F2N9O3S. The third-order valence-corrected chi connectivity index (χ3v) is 11.0. The number of benzene rings is 1. The van der Waals surface area contributed by atoms with Gasteiger partial charge >= 0.3 is 6.01 Å². The van der Waals surface area contributed by atoms with E-state index >= 15 is 4.39 Å². The predicted octanol–water partition coefficient (Wildman–Crippen LogP) is 3.87. The first-order valence-electron chi connectivity index (χ1n) is 15.7. The molecule has 12 nitrogen and oxygen atoms in total. The number of aromatic nitrogens is 5. The molecule has 3 aliphatic heterocycles. The zero-order valence-electron chi connectivity index (χ0n) is 26.4. The van der Waals surface area contributed by atoms with Crippen LogP contribution in [0.25, 0.3) is 43.4 Å². The summed E-state index contributed by atoms with van der Waals surface area (Å²) in [6.07, 6.45) is 1.36. The van der Waals surface area contributed by atoms with E-state index in [1.54, 1.807) is 24.7 Å². The van der Waals surface area contributed by atoms with E-state index in [1.807, 2.05) is 16.5 Å². The SMILES string of the molecule is Cn1nc2c3c(N4CCOC[C@@](C)(O)C4)nc(OC[C@@]45CCCN4C[C@H](F)C5)nc3n(C)c2c1-c1ccc(F)c2sc(N)c(C#N)c12. The van der Waals surface area contributed by atoms with E-state index in [9.17, 15) is 14.8 Å². The van der Waals surface area contributed by atoms with E-state index in [2.05, 4.69) is 11.0 Å². The molecule has 8 rings (SSSR count). The number of nitrogens with zero attached hydrogens (tertiary/aromatic N) is 8. The number of fused-ring (bicyclic) bond motifs is 5. The van der Waals surface area contributed by atoms with Crippen LogP contribution in [-0.2, 0) is 18.8 Å². The van der Waals surface area contributed by atoms with Crippen LogP contribution in [0.2, 0.25) is 0 Å². The first-order valence-corrected chi connectivity index (χ1v) is 16.5. The number of aliphatic hydroxyl groups is 1.